The Bertz CT molecular complexity index is 317. The summed E-state index contributed by atoms with van der Waals surface area (Å²) in [5, 5.41) is 9.44. The Hall–Kier alpha value is -0.980. The summed E-state index contributed by atoms with van der Waals surface area (Å²) in [6.07, 6.45) is 0.744. The van der Waals surface area contributed by atoms with Crippen LogP contribution < -0.4 is 0 Å². The van der Waals surface area contributed by atoms with Gasteiger partial charge in [0, 0.05) is 18.1 Å². The van der Waals surface area contributed by atoms with Gasteiger partial charge in [0.1, 0.15) is 0 Å². The van der Waals surface area contributed by atoms with Crippen molar-refractivity contribution in [1.82, 2.24) is 0 Å². The van der Waals surface area contributed by atoms with Crippen molar-refractivity contribution in [2.45, 2.75) is 45.6 Å². The van der Waals surface area contributed by atoms with E-state index in [0.29, 0.717) is 19.6 Å². The van der Waals surface area contributed by atoms with E-state index in [9.17, 15) is 9.90 Å². The predicted molar refractivity (Wildman–Crippen MR) is 70.1 cm³/mol. The molecule has 0 aromatic carbocycles. The molecule has 1 saturated heterocycles. The molecule has 1 aliphatic rings. The molecule has 2 atom stereocenters. The maximum absolute atomic E-state index is 11.4. The normalized spacial score (nSPS) is 23.2. The highest BCUT2D eigenvalue weighted by atomic mass is 16.7. The number of ether oxygens (including phenoxy) is 3. The second kappa shape index (κ2) is 6.98. The van der Waals surface area contributed by atoms with Crippen LogP contribution in [-0.2, 0) is 19.0 Å². The summed E-state index contributed by atoms with van der Waals surface area (Å²) in [6.45, 7) is 6.88. The number of carbonyl (C=O) groups is 1. The molecular weight excluding hydrogens is 250 g/mol. The summed E-state index contributed by atoms with van der Waals surface area (Å²) < 4.78 is 15.6. The average Bonchev–Trinajstić information content (AvgIpc) is 2.35. The molecule has 1 heterocycles. The summed E-state index contributed by atoms with van der Waals surface area (Å²) in [4.78, 5) is 15.4. The largest absolute Gasteiger partial charge is 0.467 e. The minimum absolute atomic E-state index is 0.0296. The fourth-order valence-corrected chi connectivity index (χ4v) is 1.63. The number of hydrogen-bond acceptors (Lipinski definition) is 6. The lowest BCUT2D eigenvalue weighted by molar-refractivity contribution is -0.217. The van der Waals surface area contributed by atoms with Crippen LogP contribution in [0.4, 0.5) is 0 Å². The summed E-state index contributed by atoms with van der Waals surface area (Å²) in [5.41, 5.74) is 0.0296. The Balaban J connectivity index is 2.42. The number of aliphatic imine (C=N–C) groups is 1. The third-order valence-corrected chi connectivity index (χ3v) is 2.78. The molecule has 0 aromatic heterocycles. The van der Waals surface area contributed by atoms with Gasteiger partial charge in [-0.05, 0) is 6.92 Å². The molecule has 0 aromatic rings. The monoisotopic (exact) mass is 273 g/mol. The van der Waals surface area contributed by atoms with E-state index < -0.39 is 18.1 Å². The second-order valence-electron chi connectivity index (χ2n) is 5.49. The van der Waals surface area contributed by atoms with Crippen molar-refractivity contribution in [3.05, 3.63) is 0 Å². The molecule has 0 aliphatic carbocycles. The van der Waals surface area contributed by atoms with Crippen LogP contribution in [-0.4, -0.2) is 56.0 Å². The van der Waals surface area contributed by atoms with Gasteiger partial charge in [0.05, 0.1) is 26.4 Å². The molecule has 110 valence electrons. The molecule has 0 spiro atoms. The second-order valence-corrected chi connectivity index (χ2v) is 5.49. The molecule has 6 nitrogen and oxygen atoms in total. The van der Waals surface area contributed by atoms with Gasteiger partial charge < -0.3 is 19.3 Å². The van der Waals surface area contributed by atoms with Gasteiger partial charge in [0.25, 0.3) is 0 Å². The van der Waals surface area contributed by atoms with E-state index in [0.717, 1.165) is 0 Å². The lowest BCUT2D eigenvalue weighted by Crippen LogP contribution is -2.38. The van der Waals surface area contributed by atoms with E-state index in [-0.39, 0.29) is 11.7 Å². The Morgan fingerprint density at radius 2 is 2.11 bits per heavy atom. The average molecular weight is 273 g/mol. The Labute approximate surface area is 113 Å². The molecule has 1 fully saturated rings. The van der Waals surface area contributed by atoms with Crippen molar-refractivity contribution in [3.63, 3.8) is 0 Å². The van der Waals surface area contributed by atoms with E-state index in [1.165, 1.54) is 20.2 Å². The van der Waals surface area contributed by atoms with E-state index >= 15 is 0 Å². The minimum atomic E-state index is -0.898. The number of carbonyl (C=O) groups excluding carboxylic acids is 1. The fourth-order valence-electron chi connectivity index (χ4n) is 1.63. The molecule has 19 heavy (non-hydrogen) atoms. The smallest absolute Gasteiger partial charge is 0.333 e. The molecule has 6 heteroatoms. The molecule has 0 radical (unpaired) electrons. The number of methoxy groups -OCH3 is 1. The first-order valence-corrected chi connectivity index (χ1v) is 6.36. The Morgan fingerprint density at radius 1 is 1.53 bits per heavy atom. The number of aliphatic hydroxyl groups is 1. The van der Waals surface area contributed by atoms with Crippen LogP contribution in [0.3, 0.4) is 0 Å². The molecule has 0 unspecified atom stereocenters. The number of aliphatic hydroxyl groups excluding tert-OH is 1. The summed E-state index contributed by atoms with van der Waals surface area (Å²) in [7, 11) is 1.27. The van der Waals surface area contributed by atoms with Gasteiger partial charge in [0.2, 0.25) is 0 Å². The van der Waals surface area contributed by atoms with Gasteiger partial charge in [-0.3, -0.25) is 4.99 Å². The molecule has 1 N–H and O–H groups in total. The predicted octanol–water partition coefficient (Wildman–Crippen LogP) is 0.769. The number of esters is 1. The zero-order valence-electron chi connectivity index (χ0n) is 12.0. The van der Waals surface area contributed by atoms with Crippen LogP contribution in [0.2, 0.25) is 0 Å². The lowest BCUT2D eigenvalue weighted by Gasteiger charge is -2.34. The number of rotatable bonds is 5. The molecule has 1 aliphatic heterocycles. The van der Waals surface area contributed by atoms with Gasteiger partial charge in [-0.15, -0.1) is 0 Å². The highest BCUT2D eigenvalue weighted by Gasteiger charge is 2.28. The molecule has 0 saturated carbocycles. The highest BCUT2D eigenvalue weighted by Crippen LogP contribution is 2.23. The van der Waals surface area contributed by atoms with Crippen LogP contribution in [0.25, 0.3) is 0 Å². The van der Waals surface area contributed by atoms with E-state index in [1.807, 2.05) is 0 Å². The highest BCUT2D eigenvalue weighted by molar-refractivity contribution is 5.78. The third kappa shape index (κ3) is 5.26. The van der Waals surface area contributed by atoms with Crippen LogP contribution in [0.15, 0.2) is 4.99 Å². The first kappa shape index (κ1) is 16.1. The molecular formula is C13H23NO5. The molecule has 1 rings (SSSR count). The van der Waals surface area contributed by atoms with Crippen molar-refractivity contribution >= 4 is 12.2 Å². The standard InChI is InChI=1S/C13H23NO5/c1-9(15)11(12(16)17-4)14-6-5-10-18-7-13(2,3)8-19-10/h6,9-11,15H,5,7-8H2,1-4H3/t9-,11+/m1/s1. The van der Waals surface area contributed by atoms with Gasteiger partial charge >= 0.3 is 5.97 Å². The van der Waals surface area contributed by atoms with Gasteiger partial charge in [-0.25, -0.2) is 4.79 Å². The SMILES string of the molecule is COC(=O)[C@@H](N=CCC1OCC(C)(C)CO1)[C@@H](C)O. The molecule has 0 amide bonds. The maximum Gasteiger partial charge on any atom is 0.333 e. The summed E-state index contributed by atoms with van der Waals surface area (Å²) in [6, 6.07) is -0.898. The zero-order valence-corrected chi connectivity index (χ0v) is 12.0. The lowest BCUT2D eigenvalue weighted by atomic mass is 9.95. The first-order chi connectivity index (χ1) is 8.85. The van der Waals surface area contributed by atoms with Crippen molar-refractivity contribution in [1.29, 1.82) is 0 Å². The van der Waals surface area contributed by atoms with Crippen molar-refractivity contribution < 1.29 is 24.1 Å². The van der Waals surface area contributed by atoms with Gasteiger partial charge in [0.15, 0.2) is 12.3 Å². The van der Waals surface area contributed by atoms with Crippen LogP contribution >= 0.6 is 0 Å². The van der Waals surface area contributed by atoms with E-state index in [4.69, 9.17) is 9.47 Å². The van der Waals surface area contributed by atoms with Crippen molar-refractivity contribution in [2.75, 3.05) is 20.3 Å². The van der Waals surface area contributed by atoms with Gasteiger partial charge in [-0.2, -0.15) is 0 Å². The topological polar surface area (TPSA) is 77.4 Å². The quantitative estimate of drug-likeness (QED) is 0.591. The van der Waals surface area contributed by atoms with E-state index in [1.54, 1.807) is 0 Å². The molecule has 0 bridgehead atoms. The fraction of sp³-hybridized carbons (Fsp3) is 0.846. The summed E-state index contributed by atoms with van der Waals surface area (Å²) in [5.74, 6) is -0.558. The Kier molecular flexibility index (Phi) is 5.90. The summed E-state index contributed by atoms with van der Waals surface area (Å²) >= 11 is 0. The zero-order chi connectivity index (χ0) is 14.5. The number of nitrogens with zero attached hydrogens (tertiary/aromatic N) is 1. The number of hydrogen-bond donors (Lipinski definition) is 1. The maximum atomic E-state index is 11.4. The first-order valence-electron chi connectivity index (χ1n) is 6.36. The minimum Gasteiger partial charge on any atom is -0.467 e. The van der Waals surface area contributed by atoms with Crippen LogP contribution in [0, 0.1) is 5.41 Å². The van der Waals surface area contributed by atoms with Gasteiger partial charge in [-0.1, -0.05) is 13.8 Å². The third-order valence-electron chi connectivity index (χ3n) is 2.78. The van der Waals surface area contributed by atoms with Crippen LogP contribution in [0.5, 0.6) is 0 Å². The van der Waals surface area contributed by atoms with E-state index in [2.05, 4.69) is 23.6 Å². The van der Waals surface area contributed by atoms with Crippen LogP contribution in [0.1, 0.15) is 27.2 Å². The van der Waals surface area contributed by atoms with Crippen molar-refractivity contribution in [3.8, 4) is 0 Å². The Morgan fingerprint density at radius 3 is 2.58 bits per heavy atom. The van der Waals surface area contributed by atoms with Crippen molar-refractivity contribution in [2.24, 2.45) is 10.4 Å².